The highest BCUT2D eigenvalue weighted by Gasteiger charge is 2.24. The number of methoxy groups -OCH3 is 1. The van der Waals surface area contributed by atoms with Crippen LogP contribution in [-0.4, -0.2) is 14.2 Å². The Morgan fingerprint density at radius 1 is 1.36 bits per heavy atom. The maximum absolute atomic E-state index is 5.29. The van der Waals surface area contributed by atoms with Gasteiger partial charge in [0.05, 0.1) is 7.11 Å². The van der Waals surface area contributed by atoms with Gasteiger partial charge in [-0.05, 0) is 49.1 Å². The van der Waals surface area contributed by atoms with E-state index in [2.05, 4.69) is 23.5 Å². The molecule has 1 saturated carbocycles. The molecule has 1 fully saturated rings. The minimum absolute atomic E-state index is 0.792. The van der Waals surface area contributed by atoms with Crippen molar-refractivity contribution in [2.24, 2.45) is 0 Å². The van der Waals surface area contributed by atoms with E-state index in [1.54, 1.807) is 7.11 Å². The largest absolute Gasteiger partial charge is 0.497 e. The number of ether oxygens (including phenoxy) is 1. The predicted molar refractivity (Wildman–Crippen MR) is 57.7 cm³/mol. The summed E-state index contributed by atoms with van der Waals surface area (Å²) in [5.74, 6) is 1.78. The van der Waals surface area contributed by atoms with Gasteiger partial charge in [-0.2, -0.15) is 0 Å². The lowest BCUT2D eigenvalue weighted by Gasteiger charge is -2.08. The zero-order chi connectivity index (χ0) is 9.97. The van der Waals surface area contributed by atoms with Crippen molar-refractivity contribution in [1.29, 1.82) is 0 Å². The van der Waals surface area contributed by atoms with Gasteiger partial charge in [-0.1, -0.05) is 6.07 Å². The maximum atomic E-state index is 5.29. The van der Waals surface area contributed by atoms with Crippen LogP contribution in [0.4, 0.5) is 0 Å². The molecule has 1 aromatic rings. The lowest BCUT2D eigenvalue weighted by molar-refractivity contribution is 0.413. The average Bonchev–Trinajstić information content (AvgIpc) is 3.01. The lowest BCUT2D eigenvalue weighted by atomic mass is 10.1. The molecule has 0 bridgehead atoms. The van der Waals surface area contributed by atoms with E-state index in [9.17, 15) is 0 Å². The first kappa shape index (κ1) is 9.53. The van der Waals surface area contributed by atoms with Crippen LogP contribution in [0.5, 0.6) is 5.75 Å². The van der Waals surface area contributed by atoms with Crippen LogP contribution in [0.3, 0.4) is 0 Å². The van der Waals surface area contributed by atoms with Crippen LogP contribution < -0.4 is 10.1 Å². The van der Waals surface area contributed by atoms with Crippen LogP contribution in [0, 0.1) is 0 Å². The minimum atomic E-state index is 0.792. The van der Waals surface area contributed by atoms with Crippen molar-refractivity contribution in [2.75, 3.05) is 14.2 Å². The SMILES string of the molecule is CNCc1cc(OC)cc(C2CC2)c1. The molecule has 2 heteroatoms. The molecule has 1 N–H and O–H groups in total. The van der Waals surface area contributed by atoms with Gasteiger partial charge in [0, 0.05) is 6.54 Å². The third kappa shape index (κ3) is 2.07. The number of hydrogen-bond acceptors (Lipinski definition) is 2. The molecular formula is C12H17NO. The van der Waals surface area contributed by atoms with Gasteiger partial charge in [-0.25, -0.2) is 0 Å². The zero-order valence-corrected chi connectivity index (χ0v) is 8.84. The molecule has 1 aromatic carbocycles. The van der Waals surface area contributed by atoms with Gasteiger partial charge >= 0.3 is 0 Å². The van der Waals surface area contributed by atoms with Crippen molar-refractivity contribution in [3.05, 3.63) is 29.3 Å². The number of benzene rings is 1. The number of rotatable bonds is 4. The molecule has 0 aromatic heterocycles. The van der Waals surface area contributed by atoms with Gasteiger partial charge in [0.1, 0.15) is 5.75 Å². The smallest absolute Gasteiger partial charge is 0.119 e. The first-order valence-corrected chi connectivity index (χ1v) is 5.16. The molecule has 2 nitrogen and oxygen atoms in total. The Bertz CT molecular complexity index is 318. The van der Waals surface area contributed by atoms with Crippen molar-refractivity contribution in [1.82, 2.24) is 5.32 Å². The summed E-state index contributed by atoms with van der Waals surface area (Å²) in [7, 11) is 3.70. The highest BCUT2D eigenvalue weighted by atomic mass is 16.5. The monoisotopic (exact) mass is 191 g/mol. The molecule has 1 aliphatic carbocycles. The topological polar surface area (TPSA) is 21.3 Å². The van der Waals surface area contributed by atoms with E-state index < -0.39 is 0 Å². The summed E-state index contributed by atoms with van der Waals surface area (Å²) in [6.07, 6.45) is 2.68. The normalized spacial score (nSPS) is 15.6. The third-order valence-electron chi connectivity index (χ3n) is 2.65. The molecule has 0 amide bonds. The second-order valence-corrected chi connectivity index (χ2v) is 3.92. The maximum Gasteiger partial charge on any atom is 0.119 e. The van der Waals surface area contributed by atoms with E-state index in [0.29, 0.717) is 0 Å². The molecule has 0 aliphatic heterocycles. The van der Waals surface area contributed by atoms with Crippen molar-refractivity contribution in [3.8, 4) is 5.75 Å². The number of hydrogen-bond donors (Lipinski definition) is 1. The van der Waals surface area contributed by atoms with Crippen LogP contribution in [0.15, 0.2) is 18.2 Å². The van der Waals surface area contributed by atoms with Crippen molar-refractivity contribution in [2.45, 2.75) is 25.3 Å². The Labute approximate surface area is 85.3 Å². The third-order valence-corrected chi connectivity index (χ3v) is 2.65. The fourth-order valence-electron chi connectivity index (χ4n) is 1.76. The molecule has 2 rings (SSSR count). The summed E-state index contributed by atoms with van der Waals surface area (Å²) in [6, 6.07) is 6.55. The molecule has 0 saturated heterocycles. The van der Waals surface area contributed by atoms with Crippen LogP contribution >= 0.6 is 0 Å². The minimum Gasteiger partial charge on any atom is -0.497 e. The summed E-state index contributed by atoms with van der Waals surface area (Å²) in [5, 5.41) is 3.17. The van der Waals surface area contributed by atoms with Gasteiger partial charge in [-0.15, -0.1) is 0 Å². The quantitative estimate of drug-likeness (QED) is 0.788. The van der Waals surface area contributed by atoms with E-state index >= 15 is 0 Å². The van der Waals surface area contributed by atoms with Crippen molar-refractivity contribution < 1.29 is 4.74 Å². The van der Waals surface area contributed by atoms with Crippen LogP contribution in [0.25, 0.3) is 0 Å². The predicted octanol–water partition coefficient (Wildman–Crippen LogP) is 2.29. The van der Waals surface area contributed by atoms with Gasteiger partial charge in [0.15, 0.2) is 0 Å². The van der Waals surface area contributed by atoms with Gasteiger partial charge in [0.2, 0.25) is 0 Å². The summed E-state index contributed by atoms with van der Waals surface area (Å²) >= 11 is 0. The van der Waals surface area contributed by atoms with Crippen LogP contribution in [-0.2, 0) is 6.54 Å². The first-order valence-electron chi connectivity index (χ1n) is 5.16. The molecule has 14 heavy (non-hydrogen) atoms. The molecule has 0 unspecified atom stereocenters. The van der Waals surface area contributed by atoms with Crippen LogP contribution in [0.2, 0.25) is 0 Å². The Kier molecular flexibility index (Phi) is 2.73. The second-order valence-electron chi connectivity index (χ2n) is 3.92. The fourth-order valence-corrected chi connectivity index (χ4v) is 1.76. The Hall–Kier alpha value is -1.02. The first-order chi connectivity index (χ1) is 6.83. The standard InChI is InChI=1S/C12H17NO/c1-13-8-9-5-11(10-3-4-10)7-12(6-9)14-2/h5-7,10,13H,3-4,8H2,1-2H3. The van der Waals surface area contributed by atoms with Crippen molar-refractivity contribution >= 4 is 0 Å². The molecule has 1 aliphatic rings. The molecule has 0 radical (unpaired) electrons. The van der Waals surface area contributed by atoms with Gasteiger partial charge in [-0.3, -0.25) is 0 Å². The fraction of sp³-hybridized carbons (Fsp3) is 0.500. The molecule has 0 heterocycles. The van der Waals surface area contributed by atoms with E-state index in [1.165, 1.54) is 24.0 Å². The molecular weight excluding hydrogens is 174 g/mol. The lowest BCUT2D eigenvalue weighted by Crippen LogP contribution is -2.05. The molecule has 0 atom stereocenters. The zero-order valence-electron chi connectivity index (χ0n) is 8.84. The Balaban J connectivity index is 2.26. The second kappa shape index (κ2) is 4.01. The molecule has 0 spiro atoms. The van der Waals surface area contributed by atoms with Gasteiger partial charge in [0.25, 0.3) is 0 Å². The summed E-state index contributed by atoms with van der Waals surface area (Å²) in [5.41, 5.74) is 2.75. The van der Waals surface area contributed by atoms with E-state index in [1.807, 2.05) is 7.05 Å². The van der Waals surface area contributed by atoms with E-state index in [-0.39, 0.29) is 0 Å². The highest BCUT2D eigenvalue weighted by molar-refractivity contribution is 5.37. The van der Waals surface area contributed by atoms with E-state index in [4.69, 9.17) is 4.74 Å². The van der Waals surface area contributed by atoms with E-state index in [0.717, 1.165) is 18.2 Å². The highest BCUT2D eigenvalue weighted by Crippen LogP contribution is 2.41. The summed E-state index contributed by atoms with van der Waals surface area (Å²) in [6.45, 7) is 0.914. The van der Waals surface area contributed by atoms with Gasteiger partial charge < -0.3 is 10.1 Å². The summed E-state index contributed by atoms with van der Waals surface area (Å²) < 4.78 is 5.29. The number of nitrogens with one attached hydrogen (secondary N) is 1. The summed E-state index contributed by atoms with van der Waals surface area (Å²) in [4.78, 5) is 0. The Morgan fingerprint density at radius 2 is 2.14 bits per heavy atom. The average molecular weight is 191 g/mol. The molecule has 76 valence electrons. The van der Waals surface area contributed by atoms with Crippen LogP contribution in [0.1, 0.15) is 29.9 Å². The van der Waals surface area contributed by atoms with Crippen molar-refractivity contribution in [3.63, 3.8) is 0 Å². The Morgan fingerprint density at radius 3 is 2.71 bits per heavy atom.